The molecule has 5 rings (SSSR count). The van der Waals surface area contributed by atoms with Crippen LogP contribution in [0.3, 0.4) is 0 Å². The van der Waals surface area contributed by atoms with E-state index in [2.05, 4.69) is 34.6 Å². The normalized spacial score (nSPS) is 18.2. The maximum atomic E-state index is 13.1. The van der Waals surface area contributed by atoms with Crippen LogP contribution < -0.4 is 0 Å². The Balaban J connectivity index is 1.23. The number of carbonyl (C=O) groups excluding carboxylic acids is 2. The third-order valence-electron chi connectivity index (χ3n) is 6.17. The second-order valence-electron chi connectivity index (χ2n) is 8.37. The summed E-state index contributed by atoms with van der Waals surface area (Å²) < 4.78 is 7.80. The van der Waals surface area contributed by atoms with Crippen molar-refractivity contribution in [2.45, 2.75) is 26.2 Å². The molecule has 2 aromatic carbocycles. The fraction of sp³-hybridized carbons (Fsp3) is 0.333. The van der Waals surface area contributed by atoms with E-state index in [0.717, 1.165) is 5.56 Å². The number of hydrogen-bond acceptors (Lipinski definition) is 5. The molecule has 0 N–H and O–H groups in total. The van der Waals surface area contributed by atoms with Gasteiger partial charge < -0.3 is 14.5 Å². The first-order valence-corrected chi connectivity index (χ1v) is 11.3. The predicted octanol–water partition coefficient (Wildman–Crippen LogP) is 3.11. The molecule has 0 unspecified atom stereocenters. The number of rotatable bonds is 3. The zero-order chi connectivity index (χ0) is 22.9. The molecule has 1 saturated heterocycles. The van der Waals surface area contributed by atoms with Gasteiger partial charge in [0.2, 0.25) is 0 Å². The third-order valence-corrected chi connectivity index (χ3v) is 6.41. The molecule has 170 valence electrons. The van der Waals surface area contributed by atoms with Gasteiger partial charge in [0.1, 0.15) is 6.10 Å². The number of amides is 2. The van der Waals surface area contributed by atoms with Crippen LogP contribution in [0, 0.1) is 6.92 Å². The van der Waals surface area contributed by atoms with Crippen molar-refractivity contribution in [3.8, 4) is 0 Å². The number of ether oxygens (including phenoxy) is 1. The van der Waals surface area contributed by atoms with Crippen molar-refractivity contribution in [1.82, 2.24) is 24.8 Å². The first kappa shape index (κ1) is 21.6. The summed E-state index contributed by atoms with van der Waals surface area (Å²) in [5.74, 6) is -0.260. The van der Waals surface area contributed by atoms with E-state index < -0.39 is 0 Å². The predicted molar refractivity (Wildman–Crippen MR) is 122 cm³/mol. The van der Waals surface area contributed by atoms with E-state index in [4.69, 9.17) is 16.3 Å². The van der Waals surface area contributed by atoms with Crippen LogP contribution in [0.2, 0.25) is 5.02 Å². The van der Waals surface area contributed by atoms with E-state index in [1.807, 2.05) is 6.92 Å². The van der Waals surface area contributed by atoms with Gasteiger partial charge in [0.25, 0.3) is 11.8 Å². The van der Waals surface area contributed by atoms with Gasteiger partial charge in [-0.15, -0.1) is 5.10 Å². The van der Waals surface area contributed by atoms with Gasteiger partial charge in [-0.25, -0.2) is 4.68 Å². The number of aryl methyl sites for hydroxylation is 1. The Hall–Kier alpha value is -3.23. The van der Waals surface area contributed by atoms with Crippen LogP contribution in [0.5, 0.6) is 0 Å². The van der Waals surface area contributed by atoms with Gasteiger partial charge in [-0.3, -0.25) is 9.59 Å². The average Bonchev–Trinajstić information content (AvgIpc) is 3.27. The average molecular weight is 466 g/mol. The Labute approximate surface area is 196 Å². The van der Waals surface area contributed by atoms with Crippen LogP contribution in [-0.2, 0) is 17.9 Å². The number of benzene rings is 2. The summed E-state index contributed by atoms with van der Waals surface area (Å²) in [7, 11) is 0. The molecule has 8 nitrogen and oxygen atoms in total. The second kappa shape index (κ2) is 8.96. The van der Waals surface area contributed by atoms with Gasteiger partial charge in [-0.2, -0.15) is 0 Å². The monoisotopic (exact) mass is 465 g/mol. The molecular formula is C24H24ClN5O3. The van der Waals surface area contributed by atoms with E-state index >= 15 is 0 Å². The van der Waals surface area contributed by atoms with Crippen molar-refractivity contribution < 1.29 is 14.3 Å². The SMILES string of the molecule is Cc1ccc([C@@H]2Cn3nnc(C(=O)N4CCN(C(=O)c5cccc(Cl)c5)CC4)c3CO2)cc1. The lowest BCUT2D eigenvalue weighted by atomic mass is 10.1. The lowest BCUT2D eigenvalue weighted by molar-refractivity contribution is -0.00203. The molecule has 0 bridgehead atoms. The van der Waals surface area contributed by atoms with Gasteiger partial charge in [0.05, 0.1) is 18.8 Å². The highest BCUT2D eigenvalue weighted by atomic mass is 35.5. The second-order valence-corrected chi connectivity index (χ2v) is 8.81. The number of fused-ring (bicyclic) bond motifs is 1. The standard InChI is InChI=1S/C24H24ClN5O3/c1-16-5-7-17(8-6-16)21-14-30-20(15-33-21)22(26-27-30)24(32)29-11-9-28(10-12-29)23(31)18-3-2-4-19(25)13-18/h2-8,13,21H,9-12,14-15H2,1H3/t21-/m0/s1. The first-order chi connectivity index (χ1) is 16.0. The number of halogens is 1. The van der Waals surface area contributed by atoms with Gasteiger partial charge in [-0.05, 0) is 30.7 Å². The number of aromatic nitrogens is 3. The molecule has 3 aromatic rings. The lowest BCUT2D eigenvalue weighted by Crippen LogP contribution is -2.50. The number of nitrogens with zero attached hydrogens (tertiary/aromatic N) is 5. The van der Waals surface area contributed by atoms with E-state index in [0.29, 0.717) is 54.7 Å². The highest BCUT2D eigenvalue weighted by Crippen LogP contribution is 2.27. The van der Waals surface area contributed by atoms with E-state index in [1.54, 1.807) is 38.7 Å². The Kier molecular flexibility index (Phi) is 5.86. The molecule has 2 aliphatic heterocycles. The van der Waals surface area contributed by atoms with Gasteiger partial charge in [0.15, 0.2) is 5.69 Å². The number of piperazine rings is 1. The molecule has 1 fully saturated rings. The summed E-state index contributed by atoms with van der Waals surface area (Å²) in [6.45, 7) is 4.61. The van der Waals surface area contributed by atoms with Crippen molar-refractivity contribution >= 4 is 23.4 Å². The van der Waals surface area contributed by atoms with E-state index in [1.165, 1.54) is 5.56 Å². The topological polar surface area (TPSA) is 80.6 Å². The minimum Gasteiger partial charge on any atom is -0.365 e. The van der Waals surface area contributed by atoms with Crippen LogP contribution in [0.15, 0.2) is 48.5 Å². The molecule has 1 aromatic heterocycles. The molecule has 0 radical (unpaired) electrons. The zero-order valence-corrected chi connectivity index (χ0v) is 19.0. The Morgan fingerprint density at radius 3 is 2.39 bits per heavy atom. The van der Waals surface area contributed by atoms with Gasteiger partial charge in [0, 0.05) is 36.8 Å². The highest BCUT2D eigenvalue weighted by molar-refractivity contribution is 6.30. The fourth-order valence-electron chi connectivity index (χ4n) is 4.23. The molecule has 2 aliphatic rings. The maximum Gasteiger partial charge on any atom is 0.276 e. The maximum absolute atomic E-state index is 13.1. The molecule has 3 heterocycles. The fourth-order valence-corrected chi connectivity index (χ4v) is 4.42. The first-order valence-electron chi connectivity index (χ1n) is 10.9. The van der Waals surface area contributed by atoms with Gasteiger partial charge in [-0.1, -0.05) is 52.7 Å². The van der Waals surface area contributed by atoms with Crippen LogP contribution >= 0.6 is 11.6 Å². The smallest absolute Gasteiger partial charge is 0.276 e. The summed E-state index contributed by atoms with van der Waals surface area (Å²) >= 11 is 6.01. The molecule has 0 spiro atoms. The Bertz CT molecular complexity index is 1190. The number of carbonyl (C=O) groups is 2. The molecule has 33 heavy (non-hydrogen) atoms. The number of hydrogen-bond donors (Lipinski definition) is 0. The molecule has 0 saturated carbocycles. The molecule has 1 atom stereocenters. The molecule has 9 heteroatoms. The Morgan fingerprint density at radius 1 is 1.00 bits per heavy atom. The van der Waals surface area contributed by atoms with E-state index in [9.17, 15) is 9.59 Å². The summed E-state index contributed by atoms with van der Waals surface area (Å²) in [5, 5.41) is 8.92. The largest absolute Gasteiger partial charge is 0.365 e. The molecular weight excluding hydrogens is 442 g/mol. The minimum atomic E-state index is -0.177. The van der Waals surface area contributed by atoms with E-state index in [-0.39, 0.29) is 24.5 Å². The molecule has 0 aliphatic carbocycles. The molecule has 2 amide bonds. The van der Waals surface area contributed by atoms with Crippen molar-refractivity contribution in [2.75, 3.05) is 26.2 Å². The van der Waals surface area contributed by atoms with Crippen molar-refractivity contribution in [1.29, 1.82) is 0 Å². The van der Waals surface area contributed by atoms with Gasteiger partial charge >= 0.3 is 0 Å². The lowest BCUT2D eigenvalue weighted by Gasteiger charge is -2.34. The van der Waals surface area contributed by atoms with Crippen molar-refractivity contribution in [3.63, 3.8) is 0 Å². The van der Waals surface area contributed by atoms with Crippen LogP contribution in [0.1, 0.15) is 43.8 Å². The van der Waals surface area contributed by atoms with Crippen LogP contribution in [0.4, 0.5) is 0 Å². The Morgan fingerprint density at radius 2 is 1.70 bits per heavy atom. The van der Waals surface area contributed by atoms with Crippen LogP contribution in [-0.4, -0.2) is 62.8 Å². The summed E-state index contributed by atoms with van der Waals surface area (Å²) in [6.07, 6.45) is -0.121. The highest BCUT2D eigenvalue weighted by Gasteiger charge is 2.32. The zero-order valence-electron chi connectivity index (χ0n) is 18.3. The summed E-state index contributed by atoms with van der Waals surface area (Å²) in [6, 6.07) is 15.1. The minimum absolute atomic E-state index is 0.0822. The summed E-state index contributed by atoms with van der Waals surface area (Å²) in [4.78, 5) is 29.3. The quantitative estimate of drug-likeness (QED) is 0.593. The van der Waals surface area contributed by atoms with Crippen molar-refractivity contribution in [2.24, 2.45) is 0 Å². The van der Waals surface area contributed by atoms with Crippen molar-refractivity contribution in [3.05, 3.63) is 81.6 Å². The summed E-state index contributed by atoms with van der Waals surface area (Å²) in [5.41, 5.74) is 3.84. The van der Waals surface area contributed by atoms with Crippen LogP contribution in [0.25, 0.3) is 0 Å². The third kappa shape index (κ3) is 4.36.